The number of carbonyl (C=O) groups is 1. The predicted molar refractivity (Wildman–Crippen MR) is 77.1 cm³/mol. The van der Waals surface area contributed by atoms with Gasteiger partial charge in [0.25, 0.3) is 0 Å². The molecule has 1 rings (SSSR count). The molecule has 0 spiro atoms. The zero-order valence-corrected chi connectivity index (χ0v) is 12.2. The van der Waals surface area contributed by atoms with Crippen molar-refractivity contribution in [3.05, 3.63) is 28.8 Å². The topological polar surface area (TPSA) is 41.1 Å². The van der Waals surface area contributed by atoms with Crippen LogP contribution in [-0.2, 0) is 4.79 Å². The van der Waals surface area contributed by atoms with Crippen LogP contribution in [0.5, 0.6) is 0 Å². The summed E-state index contributed by atoms with van der Waals surface area (Å²) in [6.45, 7) is 9.42. The molecular weight excluding hydrogens is 248 g/mol. The molecule has 3 nitrogen and oxygen atoms in total. The molecule has 0 atom stereocenters. The van der Waals surface area contributed by atoms with Gasteiger partial charge in [0, 0.05) is 17.3 Å². The Morgan fingerprint density at radius 2 is 2.00 bits per heavy atom. The summed E-state index contributed by atoms with van der Waals surface area (Å²) in [5.41, 5.74) is 1.94. The van der Waals surface area contributed by atoms with Crippen molar-refractivity contribution in [1.82, 2.24) is 5.32 Å². The highest BCUT2D eigenvalue weighted by molar-refractivity contribution is 6.31. The van der Waals surface area contributed by atoms with Gasteiger partial charge < -0.3 is 10.6 Å². The van der Waals surface area contributed by atoms with Crippen LogP contribution in [-0.4, -0.2) is 19.0 Å². The zero-order valence-electron chi connectivity index (χ0n) is 11.4. The fourth-order valence-electron chi connectivity index (χ4n) is 1.47. The van der Waals surface area contributed by atoms with Crippen LogP contribution in [0.4, 0.5) is 5.69 Å². The number of hydrogen-bond acceptors (Lipinski definition) is 2. The predicted octanol–water partition coefficient (Wildman–Crippen LogP) is 3.22. The van der Waals surface area contributed by atoms with Gasteiger partial charge in [-0.05, 0) is 30.0 Å². The molecule has 18 heavy (non-hydrogen) atoms. The van der Waals surface area contributed by atoms with E-state index in [1.54, 1.807) is 6.07 Å². The molecule has 0 aromatic heterocycles. The molecule has 0 heterocycles. The van der Waals surface area contributed by atoms with Gasteiger partial charge >= 0.3 is 0 Å². The fraction of sp³-hybridized carbons (Fsp3) is 0.500. The Morgan fingerprint density at radius 3 is 2.61 bits per heavy atom. The Kier molecular flexibility index (Phi) is 5.17. The van der Waals surface area contributed by atoms with Crippen LogP contribution in [0.2, 0.25) is 5.02 Å². The van der Waals surface area contributed by atoms with Crippen molar-refractivity contribution < 1.29 is 4.79 Å². The van der Waals surface area contributed by atoms with Gasteiger partial charge in [-0.15, -0.1) is 0 Å². The summed E-state index contributed by atoms with van der Waals surface area (Å²) in [5.74, 6) is -0.0513. The van der Waals surface area contributed by atoms with Gasteiger partial charge in [-0.1, -0.05) is 38.4 Å². The number of aryl methyl sites for hydroxylation is 1. The average Bonchev–Trinajstić information content (AvgIpc) is 2.21. The molecule has 0 aliphatic rings. The Hall–Kier alpha value is -1.06. The number of anilines is 1. The van der Waals surface area contributed by atoms with E-state index in [0.717, 1.165) is 17.8 Å². The SMILES string of the molecule is Cc1ccc(Cl)cc1NC(=O)CNCC(C)(C)C. The highest BCUT2D eigenvalue weighted by Crippen LogP contribution is 2.19. The molecule has 0 aliphatic heterocycles. The molecule has 0 saturated carbocycles. The van der Waals surface area contributed by atoms with E-state index in [2.05, 4.69) is 31.4 Å². The minimum absolute atomic E-state index is 0.0513. The van der Waals surface area contributed by atoms with Gasteiger partial charge in [-0.25, -0.2) is 0 Å². The van der Waals surface area contributed by atoms with Crippen molar-refractivity contribution >= 4 is 23.2 Å². The Balaban J connectivity index is 2.47. The van der Waals surface area contributed by atoms with Crippen LogP contribution < -0.4 is 10.6 Å². The Morgan fingerprint density at radius 1 is 1.33 bits per heavy atom. The molecule has 0 unspecified atom stereocenters. The normalized spacial score (nSPS) is 11.4. The molecule has 0 fully saturated rings. The van der Waals surface area contributed by atoms with Crippen molar-refractivity contribution in [3.8, 4) is 0 Å². The number of rotatable bonds is 4. The summed E-state index contributed by atoms with van der Waals surface area (Å²) in [7, 11) is 0. The number of nitrogens with one attached hydrogen (secondary N) is 2. The highest BCUT2D eigenvalue weighted by atomic mass is 35.5. The van der Waals surface area contributed by atoms with Gasteiger partial charge in [0.05, 0.1) is 6.54 Å². The van der Waals surface area contributed by atoms with E-state index in [-0.39, 0.29) is 11.3 Å². The quantitative estimate of drug-likeness (QED) is 0.880. The highest BCUT2D eigenvalue weighted by Gasteiger charge is 2.11. The molecule has 2 N–H and O–H groups in total. The van der Waals surface area contributed by atoms with E-state index in [1.807, 2.05) is 19.1 Å². The van der Waals surface area contributed by atoms with E-state index in [1.165, 1.54) is 0 Å². The molecule has 0 radical (unpaired) electrons. The molecule has 1 amide bonds. The number of hydrogen-bond donors (Lipinski definition) is 2. The van der Waals surface area contributed by atoms with Crippen molar-refractivity contribution in [2.45, 2.75) is 27.7 Å². The number of amides is 1. The maximum atomic E-state index is 11.7. The monoisotopic (exact) mass is 268 g/mol. The van der Waals surface area contributed by atoms with Gasteiger partial charge in [0.2, 0.25) is 5.91 Å². The summed E-state index contributed by atoms with van der Waals surface area (Å²) < 4.78 is 0. The lowest BCUT2D eigenvalue weighted by Gasteiger charge is -2.18. The summed E-state index contributed by atoms with van der Waals surface area (Å²) in [5, 5.41) is 6.61. The summed E-state index contributed by atoms with van der Waals surface area (Å²) >= 11 is 5.90. The average molecular weight is 269 g/mol. The second-order valence-corrected chi connectivity index (χ2v) is 6.11. The van der Waals surface area contributed by atoms with Crippen molar-refractivity contribution in [2.75, 3.05) is 18.4 Å². The first-order valence-corrected chi connectivity index (χ1v) is 6.42. The fourth-order valence-corrected chi connectivity index (χ4v) is 1.65. The van der Waals surface area contributed by atoms with Crippen molar-refractivity contribution in [2.24, 2.45) is 5.41 Å². The van der Waals surface area contributed by atoms with E-state index < -0.39 is 0 Å². The van der Waals surface area contributed by atoms with Crippen LogP contribution in [0, 0.1) is 12.3 Å². The van der Waals surface area contributed by atoms with E-state index >= 15 is 0 Å². The largest absolute Gasteiger partial charge is 0.325 e. The lowest BCUT2D eigenvalue weighted by molar-refractivity contribution is -0.115. The summed E-state index contributed by atoms with van der Waals surface area (Å²) in [6, 6.07) is 5.46. The molecule has 0 saturated heterocycles. The van der Waals surface area contributed by atoms with Gasteiger partial charge in [0.15, 0.2) is 0 Å². The van der Waals surface area contributed by atoms with Crippen LogP contribution in [0.25, 0.3) is 0 Å². The lowest BCUT2D eigenvalue weighted by Crippen LogP contribution is -2.34. The maximum absolute atomic E-state index is 11.7. The third kappa shape index (κ3) is 5.52. The number of benzene rings is 1. The maximum Gasteiger partial charge on any atom is 0.238 e. The third-order valence-corrected chi connectivity index (χ3v) is 2.65. The minimum Gasteiger partial charge on any atom is -0.325 e. The van der Waals surface area contributed by atoms with E-state index in [0.29, 0.717) is 11.6 Å². The molecule has 4 heteroatoms. The third-order valence-electron chi connectivity index (χ3n) is 2.41. The summed E-state index contributed by atoms with van der Waals surface area (Å²) in [6.07, 6.45) is 0. The molecule has 0 bridgehead atoms. The van der Waals surface area contributed by atoms with Crippen LogP contribution in [0.1, 0.15) is 26.3 Å². The van der Waals surface area contributed by atoms with Crippen LogP contribution in [0.15, 0.2) is 18.2 Å². The Bertz CT molecular complexity index is 424. The van der Waals surface area contributed by atoms with E-state index in [9.17, 15) is 4.79 Å². The van der Waals surface area contributed by atoms with Gasteiger partial charge in [-0.3, -0.25) is 4.79 Å². The molecule has 100 valence electrons. The number of carbonyl (C=O) groups excluding carboxylic acids is 1. The summed E-state index contributed by atoms with van der Waals surface area (Å²) in [4.78, 5) is 11.7. The second kappa shape index (κ2) is 6.21. The minimum atomic E-state index is -0.0513. The standard InChI is InChI=1S/C14H21ClN2O/c1-10-5-6-11(15)7-12(10)17-13(18)8-16-9-14(2,3)4/h5-7,16H,8-9H2,1-4H3,(H,17,18). The second-order valence-electron chi connectivity index (χ2n) is 5.67. The van der Waals surface area contributed by atoms with Crippen LogP contribution in [0.3, 0.4) is 0 Å². The molecular formula is C14H21ClN2O. The van der Waals surface area contributed by atoms with Crippen LogP contribution >= 0.6 is 11.6 Å². The first-order chi connectivity index (χ1) is 8.28. The molecule has 0 aliphatic carbocycles. The molecule has 1 aromatic rings. The molecule has 1 aromatic carbocycles. The van der Waals surface area contributed by atoms with E-state index in [4.69, 9.17) is 11.6 Å². The first-order valence-electron chi connectivity index (χ1n) is 6.05. The van der Waals surface area contributed by atoms with Gasteiger partial charge in [0.1, 0.15) is 0 Å². The first kappa shape index (κ1) is 15.0. The zero-order chi connectivity index (χ0) is 13.8. The smallest absolute Gasteiger partial charge is 0.238 e. The lowest BCUT2D eigenvalue weighted by atomic mass is 9.97. The number of halogens is 1. The van der Waals surface area contributed by atoms with Crippen molar-refractivity contribution in [1.29, 1.82) is 0 Å². The Labute approximate surface area is 114 Å². The van der Waals surface area contributed by atoms with Gasteiger partial charge in [-0.2, -0.15) is 0 Å². The van der Waals surface area contributed by atoms with Crippen molar-refractivity contribution in [3.63, 3.8) is 0 Å².